The number of hydrogen-bond donors (Lipinski definition) is 1. The van der Waals surface area contributed by atoms with Gasteiger partial charge in [0, 0.05) is 12.1 Å². The second-order valence-electron chi connectivity index (χ2n) is 4.98. The summed E-state index contributed by atoms with van der Waals surface area (Å²) in [6.45, 7) is -0.264. The molecule has 8 heteroatoms. The van der Waals surface area contributed by atoms with E-state index in [9.17, 15) is 9.18 Å². The van der Waals surface area contributed by atoms with Crippen molar-refractivity contribution in [3.8, 4) is 23.0 Å². The number of rotatable bonds is 8. The maximum absolute atomic E-state index is 12.8. The lowest BCUT2D eigenvalue weighted by Gasteiger charge is -2.12. The predicted molar refractivity (Wildman–Crippen MR) is 93.7 cm³/mol. The highest BCUT2D eigenvalue weighted by Gasteiger charge is 2.11. The first-order valence-electron chi connectivity index (χ1n) is 7.57. The van der Waals surface area contributed by atoms with Crippen LogP contribution in [0.5, 0.6) is 23.0 Å². The van der Waals surface area contributed by atoms with E-state index in [1.807, 2.05) is 0 Å². The van der Waals surface area contributed by atoms with E-state index in [0.29, 0.717) is 28.6 Å². The van der Waals surface area contributed by atoms with Gasteiger partial charge in [-0.15, -0.1) is 0 Å². The summed E-state index contributed by atoms with van der Waals surface area (Å²) in [6.07, 6.45) is 1.40. The van der Waals surface area contributed by atoms with Gasteiger partial charge >= 0.3 is 0 Å². The molecular weight excluding hydrogens is 343 g/mol. The molecule has 0 aliphatic rings. The van der Waals surface area contributed by atoms with Crippen LogP contribution in [0, 0.1) is 5.82 Å². The Labute approximate surface area is 150 Å². The van der Waals surface area contributed by atoms with Gasteiger partial charge in [0.1, 0.15) is 28.8 Å². The monoisotopic (exact) mass is 362 g/mol. The zero-order valence-corrected chi connectivity index (χ0v) is 14.6. The van der Waals surface area contributed by atoms with Crippen LogP contribution in [0.3, 0.4) is 0 Å². The number of hydrogen-bond acceptors (Lipinski definition) is 6. The molecular formula is C18H19FN2O5. The minimum absolute atomic E-state index is 0.264. The van der Waals surface area contributed by atoms with Gasteiger partial charge in [-0.1, -0.05) is 0 Å². The average molecular weight is 362 g/mol. The smallest absolute Gasteiger partial charge is 0.277 e. The fourth-order valence-corrected chi connectivity index (χ4v) is 2.04. The van der Waals surface area contributed by atoms with E-state index >= 15 is 0 Å². The Morgan fingerprint density at radius 1 is 1.04 bits per heavy atom. The maximum Gasteiger partial charge on any atom is 0.277 e. The van der Waals surface area contributed by atoms with Gasteiger partial charge in [0.05, 0.1) is 33.1 Å². The van der Waals surface area contributed by atoms with E-state index in [2.05, 4.69) is 10.5 Å². The largest absolute Gasteiger partial charge is 0.496 e. The van der Waals surface area contributed by atoms with Gasteiger partial charge < -0.3 is 18.9 Å². The average Bonchev–Trinajstić information content (AvgIpc) is 2.67. The van der Waals surface area contributed by atoms with Crippen molar-refractivity contribution in [2.75, 3.05) is 27.9 Å². The van der Waals surface area contributed by atoms with Gasteiger partial charge in [-0.25, -0.2) is 9.82 Å². The third-order valence-corrected chi connectivity index (χ3v) is 3.32. The Morgan fingerprint density at radius 2 is 1.65 bits per heavy atom. The summed E-state index contributed by atoms with van der Waals surface area (Å²) < 4.78 is 33.8. The minimum Gasteiger partial charge on any atom is -0.496 e. The van der Waals surface area contributed by atoms with Gasteiger partial charge in [-0.2, -0.15) is 5.10 Å². The molecule has 1 N–H and O–H groups in total. The molecule has 0 heterocycles. The standard InChI is InChI=1S/C18H19FN2O5/c1-23-14-8-16(24-2)15(17(9-14)25-3)10-20-21-18(22)11-26-13-6-4-12(19)5-7-13/h4-10H,11H2,1-3H3,(H,21,22)/b20-10-. The molecule has 0 radical (unpaired) electrons. The molecule has 0 unspecified atom stereocenters. The minimum atomic E-state index is -0.475. The fourth-order valence-electron chi connectivity index (χ4n) is 2.04. The number of carbonyl (C=O) groups excluding carboxylic acids is 1. The van der Waals surface area contributed by atoms with Gasteiger partial charge in [0.15, 0.2) is 6.61 Å². The van der Waals surface area contributed by atoms with Crippen molar-refractivity contribution in [3.63, 3.8) is 0 Å². The first kappa shape index (κ1) is 19.0. The quantitative estimate of drug-likeness (QED) is 0.576. The first-order chi connectivity index (χ1) is 12.6. The molecule has 0 bridgehead atoms. The number of methoxy groups -OCH3 is 3. The molecule has 0 atom stereocenters. The molecule has 0 fully saturated rings. The lowest BCUT2D eigenvalue weighted by atomic mass is 10.2. The number of nitrogens with one attached hydrogen (secondary N) is 1. The van der Waals surface area contributed by atoms with Crippen molar-refractivity contribution >= 4 is 12.1 Å². The highest BCUT2D eigenvalue weighted by molar-refractivity contribution is 5.89. The molecule has 0 aliphatic carbocycles. The van der Waals surface area contributed by atoms with Gasteiger partial charge in [-0.3, -0.25) is 4.79 Å². The summed E-state index contributed by atoms with van der Waals surface area (Å²) >= 11 is 0. The topological polar surface area (TPSA) is 78.4 Å². The number of hydrazone groups is 1. The normalized spacial score (nSPS) is 10.5. The van der Waals surface area contributed by atoms with E-state index in [1.165, 1.54) is 51.8 Å². The second-order valence-corrected chi connectivity index (χ2v) is 4.98. The van der Waals surface area contributed by atoms with Crippen LogP contribution < -0.4 is 24.4 Å². The number of amides is 1. The summed E-state index contributed by atoms with van der Waals surface area (Å²) in [4.78, 5) is 11.8. The van der Waals surface area contributed by atoms with E-state index in [-0.39, 0.29) is 12.4 Å². The number of ether oxygens (including phenoxy) is 4. The number of carbonyl (C=O) groups is 1. The summed E-state index contributed by atoms with van der Waals surface area (Å²) in [5, 5.41) is 3.88. The van der Waals surface area contributed by atoms with Crippen molar-refractivity contribution in [1.29, 1.82) is 0 Å². The van der Waals surface area contributed by atoms with E-state index < -0.39 is 5.91 Å². The lowest BCUT2D eigenvalue weighted by molar-refractivity contribution is -0.123. The van der Waals surface area contributed by atoms with Crippen LogP contribution >= 0.6 is 0 Å². The molecule has 2 rings (SSSR count). The third kappa shape index (κ3) is 5.10. The molecule has 26 heavy (non-hydrogen) atoms. The van der Waals surface area contributed by atoms with Crippen molar-refractivity contribution < 1.29 is 28.1 Å². The van der Waals surface area contributed by atoms with Crippen molar-refractivity contribution in [2.45, 2.75) is 0 Å². The highest BCUT2D eigenvalue weighted by atomic mass is 19.1. The van der Waals surface area contributed by atoms with Crippen LogP contribution in [0.25, 0.3) is 0 Å². The molecule has 0 aromatic heterocycles. The molecule has 2 aromatic rings. The third-order valence-electron chi connectivity index (χ3n) is 3.32. The zero-order chi connectivity index (χ0) is 18.9. The second kappa shape index (κ2) is 9.26. The van der Waals surface area contributed by atoms with Crippen molar-refractivity contribution in [1.82, 2.24) is 5.43 Å². The molecule has 7 nitrogen and oxygen atoms in total. The van der Waals surface area contributed by atoms with E-state index in [4.69, 9.17) is 18.9 Å². The predicted octanol–water partition coefficient (Wildman–Crippen LogP) is 2.38. The Hall–Kier alpha value is -3.29. The summed E-state index contributed by atoms with van der Waals surface area (Å²) in [5.74, 6) is 1.03. The van der Waals surface area contributed by atoms with Gasteiger partial charge in [0.2, 0.25) is 0 Å². The lowest BCUT2D eigenvalue weighted by Crippen LogP contribution is -2.24. The van der Waals surface area contributed by atoms with Crippen LogP contribution in [0.1, 0.15) is 5.56 Å². The van der Waals surface area contributed by atoms with Gasteiger partial charge in [0.25, 0.3) is 5.91 Å². The zero-order valence-electron chi connectivity index (χ0n) is 14.6. The number of nitrogens with zero attached hydrogens (tertiary/aromatic N) is 1. The first-order valence-corrected chi connectivity index (χ1v) is 7.57. The molecule has 0 saturated carbocycles. The molecule has 0 spiro atoms. The van der Waals surface area contributed by atoms with E-state index in [0.717, 1.165) is 0 Å². The molecule has 0 saturated heterocycles. The van der Waals surface area contributed by atoms with Crippen molar-refractivity contribution in [3.05, 3.63) is 47.8 Å². The highest BCUT2D eigenvalue weighted by Crippen LogP contribution is 2.32. The van der Waals surface area contributed by atoms with E-state index in [1.54, 1.807) is 12.1 Å². The van der Waals surface area contributed by atoms with Crippen LogP contribution in [0.15, 0.2) is 41.5 Å². The Bertz CT molecular complexity index is 753. The van der Waals surface area contributed by atoms with Crippen LogP contribution in [0.4, 0.5) is 4.39 Å². The SMILES string of the molecule is COc1cc(OC)c(/C=N\NC(=O)COc2ccc(F)cc2)c(OC)c1. The van der Waals surface area contributed by atoms with Crippen molar-refractivity contribution in [2.24, 2.45) is 5.10 Å². The van der Waals surface area contributed by atoms with Gasteiger partial charge in [-0.05, 0) is 24.3 Å². The fraction of sp³-hybridized carbons (Fsp3) is 0.222. The Balaban J connectivity index is 1.98. The molecule has 1 amide bonds. The maximum atomic E-state index is 12.8. The molecule has 0 aliphatic heterocycles. The van der Waals surface area contributed by atoms with Crippen LogP contribution in [-0.2, 0) is 4.79 Å². The molecule has 2 aromatic carbocycles. The number of benzene rings is 2. The van der Waals surface area contributed by atoms with Crippen LogP contribution in [0.2, 0.25) is 0 Å². The van der Waals surface area contributed by atoms with Crippen LogP contribution in [-0.4, -0.2) is 40.1 Å². The summed E-state index contributed by atoms with van der Waals surface area (Å²) in [5.41, 5.74) is 2.87. The molecule has 138 valence electrons. The number of halogens is 1. The summed E-state index contributed by atoms with van der Waals surface area (Å²) in [6, 6.07) is 8.69. The Kier molecular flexibility index (Phi) is 6.78. The Morgan fingerprint density at radius 3 is 2.19 bits per heavy atom. The summed E-state index contributed by atoms with van der Waals surface area (Å²) in [7, 11) is 4.53.